The molecule has 0 aliphatic heterocycles. The second-order valence-corrected chi connectivity index (χ2v) is 4.49. The molecule has 0 spiro atoms. The summed E-state index contributed by atoms with van der Waals surface area (Å²) in [5.74, 6) is -0.00361. The summed E-state index contributed by atoms with van der Waals surface area (Å²) in [7, 11) is 3.55. The van der Waals surface area contributed by atoms with Crippen LogP contribution in [-0.4, -0.2) is 31.4 Å². The van der Waals surface area contributed by atoms with Crippen LogP contribution in [0.3, 0.4) is 0 Å². The Hall–Kier alpha value is -1.35. The Labute approximate surface area is 104 Å². The number of amides is 1. The summed E-state index contributed by atoms with van der Waals surface area (Å²) in [6, 6.07) is 8.25. The molecule has 1 aromatic rings. The van der Waals surface area contributed by atoms with Crippen LogP contribution >= 0.6 is 0 Å². The first-order valence-corrected chi connectivity index (χ1v) is 6.08. The molecular formula is C14H22N2O. The van der Waals surface area contributed by atoms with E-state index in [0.717, 1.165) is 12.8 Å². The first kappa shape index (κ1) is 13.7. The van der Waals surface area contributed by atoms with E-state index in [0.29, 0.717) is 6.54 Å². The summed E-state index contributed by atoms with van der Waals surface area (Å²) < 4.78 is 0. The minimum absolute atomic E-state index is 0.110. The maximum Gasteiger partial charge on any atom is 0.226 e. The lowest BCUT2D eigenvalue weighted by molar-refractivity contribution is -0.132. The first-order valence-electron chi connectivity index (χ1n) is 6.08. The molecule has 1 unspecified atom stereocenters. The SMILES string of the molecule is CCc1ccccc1CC(CN)C(=O)N(C)C. The van der Waals surface area contributed by atoms with E-state index in [1.54, 1.807) is 19.0 Å². The summed E-state index contributed by atoms with van der Waals surface area (Å²) in [5, 5.41) is 0. The van der Waals surface area contributed by atoms with Crippen LogP contribution < -0.4 is 5.73 Å². The predicted molar refractivity (Wildman–Crippen MR) is 70.8 cm³/mol. The van der Waals surface area contributed by atoms with Crippen molar-refractivity contribution in [2.24, 2.45) is 11.7 Å². The number of carbonyl (C=O) groups is 1. The molecule has 1 rings (SSSR count). The Balaban J connectivity index is 2.84. The highest BCUT2D eigenvalue weighted by molar-refractivity contribution is 5.78. The number of nitrogens with zero attached hydrogens (tertiary/aromatic N) is 1. The second-order valence-electron chi connectivity index (χ2n) is 4.49. The van der Waals surface area contributed by atoms with Gasteiger partial charge in [0.05, 0.1) is 5.92 Å². The largest absolute Gasteiger partial charge is 0.349 e. The molecule has 1 amide bonds. The summed E-state index contributed by atoms with van der Waals surface area (Å²) in [6.45, 7) is 2.53. The lowest BCUT2D eigenvalue weighted by atomic mass is 9.94. The van der Waals surface area contributed by atoms with Crippen molar-refractivity contribution in [1.82, 2.24) is 4.90 Å². The molecule has 0 aromatic heterocycles. The van der Waals surface area contributed by atoms with Crippen molar-refractivity contribution in [1.29, 1.82) is 0 Å². The van der Waals surface area contributed by atoms with Crippen LogP contribution in [0.15, 0.2) is 24.3 Å². The molecule has 3 heteroatoms. The fourth-order valence-electron chi connectivity index (χ4n) is 2.00. The Kier molecular flexibility index (Phi) is 5.16. The Bertz CT molecular complexity index is 374. The van der Waals surface area contributed by atoms with Gasteiger partial charge in [-0.15, -0.1) is 0 Å². The standard InChI is InChI=1S/C14H22N2O/c1-4-11-7-5-6-8-12(11)9-13(10-15)14(17)16(2)3/h5-8,13H,4,9-10,15H2,1-3H3. The number of benzene rings is 1. The molecule has 2 N–H and O–H groups in total. The lowest BCUT2D eigenvalue weighted by Crippen LogP contribution is -2.35. The molecule has 17 heavy (non-hydrogen) atoms. The van der Waals surface area contributed by atoms with E-state index in [4.69, 9.17) is 5.73 Å². The number of rotatable bonds is 5. The smallest absolute Gasteiger partial charge is 0.226 e. The van der Waals surface area contributed by atoms with Gasteiger partial charge in [-0.3, -0.25) is 4.79 Å². The van der Waals surface area contributed by atoms with Gasteiger partial charge < -0.3 is 10.6 Å². The third-order valence-corrected chi connectivity index (χ3v) is 3.04. The zero-order valence-electron chi connectivity index (χ0n) is 10.9. The zero-order chi connectivity index (χ0) is 12.8. The number of nitrogens with two attached hydrogens (primary N) is 1. The second kappa shape index (κ2) is 6.40. The molecule has 3 nitrogen and oxygen atoms in total. The van der Waals surface area contributed by atoms with Crippen LogP contribution in [0.2, 0.25) is 0 Å². The Morgan fingerprint density at radius 3 is 2.35 bits per heavy atom. The molecule has 0 radical (unpaired) electrons. The molecule has 0 heterocycles. The van der Waals surface area contributed by atoms with E-state index in [-0.39, 0.29) is 11.8 Å². The van der Waals surface area contributed by atoms with Gasteiger partial charge >= 0.3 is 0 Å². The number of hydrogen-bond acceptors (Lipinski definition) is 2. The van der Waals surface area contributed by atoms with Gasteiger partial charge in [-0.25, -0.2) is 0 Å². The highest BCUT2D eigenvalue weighted by Gasteiger charge is 2.19. The van der Waals surface area contributed by atoms with Crippen molar-refractivity contribution >= 4 is 5.91 Å². The van der Waals surface area contributed by atoms with Crippen LogP contribution in [0, 0.1) is 5.92 Å². The molecule has 0 fully saturated rings. The minimum Gasteiger partial charge on any atom is -0.349 e. The third-order valence-electron chi connectivity index (χ3n) is 3.04. The highest BCUT2D eigenvalue weighted by Crippen LogP contribution is 2.15. The molecule has 0 saturated heterocycles. The van der Waals surface area contributed by atoms with E-state index < -0.39 is 0 Å². The van der Waals surface area contributed by atoms with Gasteiger partial charge in [0.2, 0.25) is 5.91 Å². The van der Waals surface area contributed by atoms with Crippen molar-refractivity contribution in [3.8, 4) is 0 Å². The molecule has 0 bridgehead atoms. The Morgan fingerprint density at radius 2 is 1.88 bits per heavy atom. The van der Waals surface area contributed by atoms with Gasteiger partial charge in [0.15, 0.2) is 0 Å². The fraction of sp³-hybridized carbons (Fsp3) is 0.500. The summed E-state index contributed by atoms with van der Waals surface area (Å²) in [5.41, 5.74) is 8.24. The lowest BCUT2D eigenvalue weighted by Gasteiger charge is -2.20. The Morgan fingerprint density at radius 1 is 1.29 bits per heavy atom. The van der Waals surface area contributed by atoms with Crippen LogP contribution in [0.1, 0.15) is 18.1 Å². The van der Waals surface area contributed by atoms with Crippen molar-refractivity contribution in [2.45, 2.75) is 19.8 Å². The fourth-order valence-corrected chi connectivity index (χ4v) is 2.00. The van der Waals surface area contributed by atoms with Crippen LogP contribution in [0.5, 0.6) is 0 Å². The van der Waals surface area contributed by atoms with Crippen molar-refractivity contribution < 1.29 is 4.79 Å². The first-order chi connectivity index (χ1) is 8.10. The number of hydrogen-bond donors (Lipinski definition) is 1. The monoisotopic (exact) mass is 234 g/mol. The van der Waals surface area contributed by atoms with E-state index in [9.17, 15) is 4.79 Å². The summed E-state index contributed by atoms with van der Waals surface area (Å²) >= 11 is 0. The van der Waals surface area contributed by atoms with Gasteiger partial charge in [-0.2, -0.15) is 0 Å². The van der Waals surface area contributed by atoms with Crippen molar-refractivity contribution in [3.05, 3.63) is 35.4 Å². The summed E-state index contributed by atoms with van der Waals surface area (Å²) in [6.07, 6.45) is 1.72. The molecule has 0 aliphatic carbocycles. The van der Waals surface area contributed by atoms with Crippen molar-refractivity contribution in [3.63, 3.8) is 0 Å². The van der Waals surface area contributed by atoms with E-state index in [2.05, 4.69) is 19.1 Å². The van der Waals surface area contributed by atoms with Crippen LogP contribution in [0.25, 0.3) is 0 Å². The molecule has 1 aromatic carbocycles. The summed E-state index contributed by atoms with van der Waals surface area (Å²) in [4.78, 5) is 13.5. The molecule has 0 aliphatic rings. The van der Waals surface area contributed by atoms with Gasteiger partial charge in [0.1, 0.15) is 0 Å². The van der Waals surface area contributed by atoms with Gasteiger partial charge in [-0.1, -0.05) is 31.2 Å². The van der Waals surface area contributed by atoms with Gasteiger partial charge in [0.25, 0.3) is 0 Å². The van der Waals surface area contributed by atoms with Crippen LogP contribution in [-0.2, 0) is 17.6 Å². The average molecular weight is 234 g/mol. The number of aryl methyl sites for hydroxylation is 1. The van der Waals surface area contributed by atoms with Crippen LogP contribution in [0.4, 0.5) is 0 Å². The number of carbonyl (C=O) groups excluding carboxylic acids is 1. The predicted octanol–water partition coefficient (Wildman–Crippen LogP) is 1.45. The maximum atomic E-state index is 11.9. The molecule has 94 valence electrons. The van der Waals surface area contributed by atoms with Gasteiger partial charge in [0, 0.05) is 20.6 Å². The topological polar surface area (TPSA) is 46.3 Å². The quantitative estimate of drug-likeness (QED) is 0.838. The molecule has 1 atom stereocenters. The maximum absolute atomic E-state index is 11.9. The van der Waals surface area contributed by atoms with E-state index in [1.165, 1.54) is 11.1 Å². The average Bonchev–Trinajstić information content (AvgIpc) is 2.35. The zero-order valence-corrected chi connectivity index (χ0v) is 10.9. The van der Waals surface area contributed by atoms with E-state index in [1.807, 2.05) is 12.1 Å². The van der Waals surface area contributed by atoms with E-state index >= 15 is 0 Å². The van der Waals surface area contributed by atoms with Gasteiger partial charge in [-0.05, 0) is 24.0 Å². The minimum atomic E-state index is -0.113. The normalized spacial score (nSPS) is 12.2. The highest BCUT2D eigenvalue weighted by atomic mass is 16.2. The molecular weight excluding hydrogens is 212 g/mol. The van der Waals surface area contributed by atoms with Crippen molar-refractivity contribution in [2.75, 3.05) is 20.6 Å². The third kappa shape index (κ3) is 3.56. The molecule has 0 saturated carbocycles.